The fourth-order valence-electron chi connectivity index (χ4n) is 3.30. The molecule has 5 nitrogen and oxygen atoms in total. The van der Waals surface area contributed by atoms with Crippen LogP contribution in [-0.4, -0.2) is 66.7 Å². The van der Waals surface area contributed by atoms with E-state index in [1.165, 1.54) is 0 Å². The molecule has 116 valence electrons. The van der Waals surface area contributed by atoms with Gasteiger partial charge in [0.2, 0.25) is 5.91 Å². The molecule has 0 aliphatic carbocycles. The van der Waals surface area contributed by atoms with Gasteiger partial charge < -0.3 is 15.4 Å². The molecule has 2 aliphatic rings. The molecular weight excluding hydrogens is 254 g/mol. The largest absolute Gasteiger partial charge is 0.376 e. The number of nitrogens with zero attached hydrogens (tertiary/aromatic N) is 2. The summed E-state index contributed by atoms with van der Waals surface area (Å²) in [5.74, 6) is 0.270. The van der Waals surface area contributed by atoms with Crippen molar-refractivity contribution < 1.29 is 9.53 Å². The van der Waals surface area contributed by atoms with Gasteiger partial charge in [0, 0.05) is 44.7 Å². The number of hydrogen-bond acceptors (Lipinski definition) is 4. The Labute approximate surface area is 122 Å². The molecule has 3 unspecified atom stereocenters. The molecule has 2 N–H and O–H groups in total. The molecule has 1 amide bonds. The summed E-state index contributed by atoms with van der Waals surface area (Å²) in [4.78, 5) is 16.7. The van der Waals surface area contributed by atoms with Crippen molar-refractivity contribution in [1.82, 2.24) is 9.80 Å². The van der Waals surface area contributed by atoms with Crippen molar-refractivity contribution in [3.05, 3.63) is 0 Å². The lowest BCUT2D eigenvalue weighted by atomic mass is 10.0. The second-order valence-electron chi connectivity index (χ2n) is 6.08. The number of morpholine rings is 1. The first-order valence-corrected chi connectivity index (χ1v) is 8.00. The fraction of sp³-hybridized carbons (Fsp3) is 0.933. The first-order valence-electron chi connectivity index (χ1n) is 8.00. The van der Waals surface area contributed by atoms with Crippen LogP contribution in [0.3, 0.4) is 0 Å². The molecule has 0 aromatic carbocycles. The first kappa shape index (κ1) is 15.7. The summed E-state index contributed by atoms with van der Waals surface area (Å²) in [5, 5.41) is 0. The lowest BCUT2D eigenvalue weighted by Gasteiger charge is -2.43. The van der Waals surface area contributed by atoms with Crippen LogP contribution in [0.15, 0.2) is 0 Å². The summed E-state index contributed by atoms with van der Waals surface area (Å²) in [6, 6.07) is 0.547. The lowest BCUT2D eigenvalue weighted by Crippen LogP contribution is -2.56. The van der Waals surface area contributed by atoms with E-state index < -0.39 is 0 Å². The van der Waals surface area contributed by atoms with Gasteiger partial charge in [0.15, 0.2) is 0 Å². The van der Waals surface area contributed by atoms with E-state index in [0.29, 0.717) is 19.0 Å². The molecule has 2 rings (SSSR count). The van der Waals surface area contributed by atoms with Crippen molar-refractivity contribution in [2.24, 2.45) is 5.73 Å². The van der Waals surface area contributed by atoms with Gasteiger partial charge in [-0.1, -0.05) is 6.92 Å². The number of carbonyl (C=O) groups is 1. The third kappa shape index (κ3) is 3.71. The van der Waals surface area contributed by atoms with E-state index in [4.69, 9.17) is 10.5 Å². The van der Waals surface area contributed by atoms with Gasteiger partial charge in [-0.05, 0) is 26.2 Å². The molecule has 0 aromatic heterocycles. The van der Waals surface area contributed by atoms with Gasteiger partial charge in [0.1, 0.15) is 0 Å². The number of amides is 1. The van der Waals surface area contributed by atoms with Crippen LogP contribution in [0.25, 0.3) is 0 Å². The average molecular weight is 283 g/mol. The highest BCUT2D eigenvalue weighted by Gasteiger charge is 2.32. The summed E-state index contributed by atoms with van der Waals surface area (Å²) in [6.45, 7) is 8.30. The fourth-order valence-corrected chi connectivity index (χ4v) is 3.30. The Morgan fingerprint density at radius 3 is 2.70 bits per heavy atom. The molecule has 0 saturated carbocycles. The van der Waals surface area contributed by atoms with E-state index in [9.17, 15) is 4.79 Å². The molecule has 2 aliphatic heterocycles. The van der Waals surface area contributed by atoms with Crippen LogP contribution in [0, 0.1) is 0 Å². The Morgan fingerprint density at radius 2 is 2.10 bits per heavy atom. The van der Waals surface area contributed by atoms with Crippen molar-refractivity contribution >= 4 is 5.91 Å². The summed E-state index contributed by atoms with van der Waals surface area (Å²) < 4.78 is 5.73. The van der Waals surface area contributed by atoms with Crippen LogP contribution in [0.4, 0.5) is 0 Å². The van der Waals surface area contributed by atoms with Crippen LogP contribution >= 0.6 is 0 Å². The minimum atomic E-state index is 0.152. The Balaban J connectivity index is 1.96. The molecular formula is C15H29N3O2. The van der Waals surface area contributed by atoms with Crippen molar-refractivity contribution in [1.29, 1.82) is 0 Å². The Bertz CT molecular complexity index is 318. The molecule has 2 saturated heterocycles. The van der Waals surface area contributed by atoms with E-state index in [1.807, 2.05) is 4.90 Å². The van der Waals surface area contributed by atoms with Crippen LogP contribution in [-0.2, 0) is 9.53 Å². The number of hydrogen-bond donors (Lipinski definition) is 1. The number of likely N-dealkylation sites (tertiary alicyclic amines) is 1. The summed E-state index contributed by atoms with van der Waals surface area (Å²) in [7, 11) is 0. The summed E-state index contributed by atoms with van der Waals surface area (Å²) in [5.41, 5.74) is 5.96. The zero-order valence-electron chi connectivity index (χ0n) is 12.9. The van der Waals surface area contributed by atoms with Gasteiger partial charge in [0.25, 0.3) is 0 Å². The molecule has 0 bridgehead atoms. The second kappa shape index (κ2) is 7.38. The molecule has 3 atom stereocenters. The smallest absolute Gasteiger partial charge is 0.224 e. The number of ether oxygens (including phenoxy) is 1. The lowest BCUT2D eigenvalue weighted by molar-refractivity contribution is -0.133. The minimum Gasteiger partial charge on any atom is -0.376 e. The van der Waals surface area contributed by atoms with Crippen LogP contribution in [0.1, 0.15) is 39.5 Å². The SMILES string of the molecule is CCC1COC(C)CN1C(CN)CC(=O)N1CCCC1. The van der Waals surface area contributed by atoms with Crippen LogP contribution in [0.2, 0.25) is 0 Å². The van der Waals surface area contributed by atoms with Gasteiger partial charge in [-0.3, -0.25) is 9.69 Å². The number of rotatable bonds is 5. The molecule has 2 fully saturated rings. The second-order valence-corrected chi connectivity index (χ2v) is 6.08. The number of carbonyl (C=O) groups excluding carboxylic acids is 1. The highest BCUT2D eigenvalue weighted by atomic mass is 16.5. The number of nitrogens with two attached hydrogens (primary N) is 1. The standard InChI is InChI=1S/C15H29N3O2/c1-3-13-11-20-12(2)10-18(13)14(9-16)8-15(19)17-6-4-5-7-17/h12-14H,3-11,16H2,1-2H3. The third-order valence-electron chi connectivity index (χ3n) is 4.59. The predicted molar refractivity (Wildman–Crippen MR) is 79.5 cm³/mol. The van der Waals surface area contributed by atoms with Gasteiger partial charge in [-0.15, -0.1) is 0 Å². The Hall–Kier alpha value is -0.650. The monoisotopic (exact) mass is 283 g/mol. The molecule has 0 aromatic rings. The molecule has 2 heterocycles. The topological polar surface area (TPSA) is 58.8 Å². The maximum absolute atomic E-state index is 12.3. The van der Waals surface area contributed by atoms with Gasteiger partial charge in [-0.25, -0.2) is 0 Å². The van der Waals surface area contributed by atoms with Gasteiger partial charge >= 0.3 is 0 Å². The van der Waals surface area contributed by atoms with E-state index in [1.54, 1.807) is 0 Å². The van der Waals surface area contributed by atoms with Crippen molar-refractivity contribution in [3.63, 3.8) is 0 Å². The summed E-state index contributed by atoms with van der Waals surface area (Å²) in [6.07, 6.45) is 4.12. The maximum atomic E-state index is 12.3. The molecule has 0 radical (unpaired) electrons. The Kier molecular flexibility index (Phi) is 5.81. The zero-order valence-corrected chi connectivity index (χ0v) is 12.9. The van der Waals surface area contributed by atoms with E-state index in [2.05, 4.69) is 18.7 Å². The van der Waals surface area contributed by atoms with E-state index >= 15 is 0 Å². The highest BCUT2D eigenvalue weighted by Crippen LogP contribution is 2.20. The van der Waals surface area contributed by atoms with E-state index in [-0.39, 0.29) is 18.1 Å². The third-order valence-corrected chi connectivity index (χ3v) is 4.59. The predicted octanol–water partition coefficient (Wildman–Crippen LogP) is 0.826. The quantitative estimate of drug-likeness (QED) is 0.812. The van der Waals surface area contributed by atoms with Crippen LogP contribution < -0.4 is 5.73 Å². The Morgan fingerprint density at radius 1 is 1.40 bits per heavy atom. The van der Waals surface area contributed by atoms with Gasteiger partial charge in [0.05, 0.1) is 12.7 Å². The first-order chi connectivity index (χ1) is 9.65. The average Bonchev–Trinajstić information content (AvgIpc) is 2.98. The maximum Gasteiger partial charge on any atom is 0.224 e. The zero-order chi connectivity index (χ0) is 14.5. The van der Waals surface area contributed by atoms with Crippen molar-refractivity contribution in [2.45, 2.75) is 57.7 Å². The van der Waals surface area contributed by atoms with Crippen LogP contribution in [0.5, 0.6) is 0 Å². The molecule has 20 heavy (non-hydrogen) atoms. The van der Waals surface area contributed by atoms with E-state index in [0.717, 1.165) is 45.5 Å². The minimum absolute atomic E-state index is 0.152. The molecule has 5 heteroatoms. The van der Waals surface area contributed by atoms with Gasteiger partial charge in [-0.2, -0.15) is 0 Å². The molecule has 0 spiro atoms. The summed E-state index contributed by atoms with van der Waals surface area (Å²) >= 11 is 0. The normalized spacial score (nSPS) is 29.6. The van der Waals surface area contributed by atoms with Crippen molar-refractivity contribution in [3.8, 4) is 0 Å². The highest BCUT2D eigenvalue weighted by molar-refractivity contribution is 5.77. The van der Waals surface area contributed by atoms with Crippen molar-refractivity contribution in [2.75, 3.05) is 32.8 Å².